The summed E-state index contributed by atoms with van der Waals surface area (Å²) >= 11 is 0. The molecule has 0 amide bonds. The summed E-state index contributed by atoms with van der Waals surface area (Å²) in [5, 5.41) is 0. The zero-order chi connectivity index (χ0) is 12.0. The minimum atomic E-state index is -3.91. The zero-order valence-corrected chi connectivity index (χ0v) is 10.4. The van der Waals surface area contributed by atoms with Crippen LogP contribution in [0.3, 0.4) is 0 Å². The number of rotatable bonds is 6. The molecule has 0 aliphatic carbocycles. The lowest BCUT2D eigenvalue weighted by Gasteiger charge is -2.13. The van der Waals surface area contributed by atoms with Crippen LogP contribution in [0, 0.1) is 5.92 Å². The van der Waals surface area contributed by atoms with Gasteiger partial charge in [0.25, 0.3) is 0 Å². The smallest absolute Gasteiger partial charge is 0.302 e. The van der Waals surface area contributed by atoms with Crippen molar-refractivity contribution >= 4 is 7.82 Å². The van der Waals surface area contributed by atoms with Crippen molar-refractivity contribution in [2.24, 2.45) is 5.92 Å². The Hall–Kier alpha value is -0.670. The summed E-state index contributed by atoms with van der Waals surface area (Å²) in [6, 6.07) is 9.20. The SMILES string of the molecule is CC(C)COP(=O)(O)OCc1ccccc1. The van der Waals surface area contributed by atoms with E-state index in [2.05, 4.69) is 0 Å². The van der Waals surface area contributed by atoms with E-state index in [1.807, 2.05) is 44.2 Å². The van der Waals surface area contributed by atoms with Crippen LogP contribution >= 0.6 is 7.82 Å². The first-order chi connectivity index (χ1) is 7.49. The summed E-state index contributed by atoms with van der Waals surface area (Å²) in [4.78, 5) is 9.34. The Kier molecular flexibility index (Phi) is 5.16. The van der Waals surface area contributed by atoms with Gasteiger partial charge in [-0.25, -0.2) is 4.57 Å². The summed E-state index contributed by atoms with van der Waals surface area (Å²) in [7, 11) is -3.91. The molecule has 0 spiro atoms. The van der Waals surface area contributed by atoms with Crippen LogP contribution in [0.15, 0.2) is 30.3 Å². The molecular weight excluding hydrogens is 227 g/mol. The third-order valence-electron chi connectivity index (χ3n) is 1.81. The maximum atomic E-state index is 11.4. The highest BCUT2D eigenvalue weighted by atomic mass is 31.2. The van der Waals surface area contributed by atoms with Crippen molar-refractivity contribution < 1.29 is 18.5 Å². The Bertz CT molecular complexity index is 350. The van der Waals surface area contributed by atoms with E-state index < -0.39 is 7.82 Å². The lowest BCUT2D eigenvalue weighted by Crippen LogP contribution is -2.02. The van der Waals surface area contributed by atoms with Crippen molar-refractivity contribution in [3.8, 4) is 0 Å². The molecule has 0 saturated heterocycles. The van der Waals surface area contributed by atoms with Crippen molar-refractivity contribution in [3.05, 3.63) is 35.9 Å². The largest absolute Gasteiger partial charge is 0.472 e. The first-order valence-corrected chi connectivity index (χ1v) is 6.65. The molecule has 1 aromatic rings. The van der Waals surface area contributed by atoms with Crippen LogP contribution in [0.5, 0.6) is 0 Å². The monoisotopic (exact) mass is 244 g/mol. The lowest BCUT2D eigenvalue weighted by atomic mass is 10.2. The van der Waals surface area contributed by atoms with Gasteiger partial charge in [-0.3, -0.25) is 9.05 Å². The van der Waals surface area contributed by atoms with E-state index in [0.29, 0.717) is 0 Å². The second kappa shape index (κ2) is 6.16. The molecule has 4 nitrogen and oxygen atoms in total. The average molecular weight is 244 g/mol. The molecule has 0 radical (unpaired) electrons. The van der Waals surface area contributed by atoms with Gasteiger partial charge < -0.3 is 4.89 Å². The van der Waals surface area contributed by atoms with Crippen LogP contribution in [0.1, 0.15) is 19.4 Å². The van der Waals surface area contributed by atoms with Crippen LogP contribution in [-0.4, -0.2) is 11.5 Å². The minimum absolute atomic E-state index is 0.0761. The average Bonchev–Trinajstić information content (AvgIpc) is 2.26. The third-order valence-corrected chi connectivity index (χ3v) is 2.74. The van der Waals surface area contributed by atoms with Crippen LogP contribution < -0.4 is 0 Å². The van der Waals surface area contributed by atoms with Crippen molar-refractivity contribution in [3.63, 3.8) is 0 Å². The Labute approximate surface area is 95.8 Å². The predicted octanol–water partition coefficient (Wildman–Crippen LogP) is 2.98. The van der Waals surface area contributed by atoms with Gasteiger partial charge in [0.15, 0.2) is 0 Å². The molecule has 1 aromatic carbocycles. The molecule has 0 aromatic heterocycles. The summed E-state index contributed by atoms with van der Waals surface area (Å²) in [5.74, 6) is 0.195. The highest BCUT2D eigenvalue weighted by molar-refractivity contribution is 7.47. The highest BCUT2D eigenvalue weighted by Crippen LogP contribution is 2.44. The molecular formula is C11H17O4P. The fourth-order valence-corrected chi connectivity index (χ4v) is 1.88. The standard InChI is InChI=1S/C11H17O4P/c1-10(2)8-14-16(12,13)15-9-11-6-4-3-5-7-11/h3-7,10H,8-9H2,1-2H3,(H,12,13). The van der Waals surface area contributed by atoms with Gasteiger partial charge in [-0.05, 0) is 11.5 Å². The molecule has 1 unspecified atom stereocenters. The van der Waals surface area contributed by atoms with Gasteiger partial charge in [-0.15, -0.1) is 0 Å². The number of hydrogen-bond acceptors (Lipinski definition) is 3. The number of phosphoric acid groups is 1. The lowest BCUT2D eigenvalue weighted by molar-refractivity contribution is 0.131. The van der Waals surface area contributed by atoms with Gasteiger partial charge in [0.2, 0.25) is 0 Å². The predicted molar refractivity (Wildman–Crippen MR) is 61.8 cm³/mol. The zero-order valence-electron chi connectivity index (χ0n) is 9.50. The molecule has 0 fully saturated rings. The number of benzene rings is 1. The van der Waals surface area contributed by atoms with E-state index in [4.69, 9.17) is 9.05 Å². The fraction of sp³-hybridized carbons (Fsp3) is 0.455. The summed E-state index contributed by atoms with van der Waals surface area (Å²) in [5.41, 5.74) is 0.838. The van der Waals surface area contributed by atoms with Crippen molar-refractivity contribution in [2.45, 2.75) is 20.5 Å². The van der Waals surface area contributed by atoms with Crippen LogP contribution in [-0.2, 0) is 20.2 Å². The summed E-state index contributed by atoms with van der Waals surface area (Å²) in [6.07, 6.45) is 0. The molecule has 0 bridgehead atoms. The van der Waals surface area contributed by atoms with Crippen LogP contribution in [0.25, 0.3) is 0 Å². The molecule has 1 atom stereocenters. The van der Waals surface area contributed by atoms with Crippen molar-refractivity contribution in [1.29, 1.82) is 0 Å². The van der Waals surface area contributed by atoms with E-state index in [0.717, 1.165) is 5.56 Å². The van der Waals surface area contributed by atoms with Crippen LogP contribution in [0.4, 0.5) is 0 Å². The molecule has 1 rings (SSSR count). The Morgan fingerprint density at radius 2 is 1.88 bits per heavy atom. The fourth-order valence-electron chi connectivity index (χ4n) is 1.01. The second-order valence-corrected chi connectivity index (χ2v) is 5.37. The van der Waals surface area contributed by atoms with Gasteiger partial charge in [-0.1, -0.05) is 44.2 Å². The maximum absolute atomic E-state index is 11.4. The van der Waals surface area contributed by atoms with E-state index in [1.165, 1.54) is 0 Å². The molecule has 0 aliphatic rings. The topological polar surface area (TPSA) is 55.8 Å². The van der Waals surface area contributed by atoms with E-state index in [1.54, 1.807) is 0 Å². The molecule has 5 heteroatoms. The van der Waals surface area contributed by atoms with Crippen LogP contribution in [0.2, 0.25) is 0 Å². The van der Waals surface area contributed by atoms with Gasteiger partial charge in [0, 0.05) is 0 Å². The molecule has 0 heterocycles. The quantitative estimate of drug-likeness (QED) is 0.781. The van der Waals surface area contributed by atoms with Gasteiger partial charge >= 0.3 is 7.82 Å². The summed E-state index contributed by atoms with van der Waals surface area (Å²) < 4.78 is 21.1. The minimum Gasteiger partial charge on any atom is -0.302 e. The van der Waals surface area contributed by atoms with Crippen molar-refractivity contribution in [2.75, 3.05) is 6.61 Å². The Morgan fingerprint density at radius 1 is 1.25 bits per heavy atom. The Balaban J connectivity index is 2.39. The second-order valence-electron chi connectivity index (χ2n) is 3.92. The third kappa shape index (κ3) is 5.42. The van der Waals surface area contributed by atoms with Gasteiger partial charge in [0.1, 0.15) is 0 Å². The van der Waals surface area contributed by atoms with Gasteiger partial charge in [-0.2, -0.15) is 0 Å². The van der Waals surface area contributed by atoms with Gasteiger partial charge in [0.05, 0.1) is 13.2 Å². The molecule has 1 N–H and O–H groups in total. The van der Waals surface area contributed by atoms with E-state index in [9.17, 15) is 9.46 Å². The maximum Gasteiger partial charge on any atom is 0.472 e. The molecule has 0 aliphatic heterocycles. The Morgan fingerprint density at radius 3 is 2.44 bits per heavy atom. The first-order valence-electron chi connectivity index (χ1n) is 5.15. The number of hydrogen-bond donors (Lipinski definition) is 1. The van der Waals surface area contributed by atoms with E-state index >= 15 is 0 Å². The first kappa shape index (κ1) is 13.4. The highest BCUT2D eigenvalue weighted by Gasteiger charge is 2.21. The molecule has 90 valence electrons. The normalized spacial score (nSPS) is 15.0. The van der Waals surface area contributed by atoms with Crippen molar-refractivity contribution in [1.82, 2.24) is 0 Å². The molecule has 0 saturated carbocycles. The molecule has 16 heavy (non-hydrogen) atoms. The van der Waals surface area contributed by atoms with E-state index in [-0.39, 0.29) is 19.1 Å². The summed E-state index contributed by atoms with van der Waals surface area (Å²) in [6.45, 7) is 4.09. The number of phosphoric ester groups is 1.